The van der Waals surface area contributed by atoms with Gasteiger partial charge in [0.2, 0.25) is 5.91 Å². The Balaban J connectivity index is 1.47. The number of fused-ring (bicyclic) bond motifs is 2. The Morgan fingerprint density at radius 3 is 2.97 bits per heavy atom. The number of benzene rings is 1. The Labute approximate surface area is 180 Å². The molecular formula is C20H20N4O2S3. The van der Waals surface area contributed by atoms with E-state index in [1.807, 2.05) is 30.5 Å². The molecule has 0 aliphatic carbocycles. The predicted molar refractivity (Wildman–Crippen MR) is 121 cm³/mol. The van der Waals surface area contributed by atoms with Gasteiger partial charge in [0.1, 0.15) is 0 Å². The molecule has 6 nitrogen and oxygen atoms in total. The van der Waals surface area contributed by atoms with Crippen LogP contribution in [0.5, 0.6) is 0 Å². The first-order valence-corrected chi connectivity index (χ1v) is 12.0. The molecule has 0 spiro atoms. The highest BCUT2D eigenvalue weighted by atomic mass is 32.2. The van der Waals surface area contributed by atoms with Crippen LogP contribution < -0.4 is 10.9 Å². The second kappa shape index (κ2) is 8.64. The summed E-state index contributed by atoms with van der Waals surface area (Å²) < 4.78 is 3.57. The maximum absolute atomic E-state index is 12.3. The van der Waals surface area contributed by atoms with Crippen LogP contribution in [0.15, 0.2) is 38.8 Å². The zero-order valence-electron chi connectivity index (χ0n) is 16.1. The number of hydrogen-bond donors (Lipinski definition) is 1. The van der Waals surface area contributed by atoms with Crippen molar-refractivity contribution in [3.63, 3.8) is 0 Å². The lowest BCUT2D eigenvalue weighted by Gasteiger charge is -2.04. The van der Waals surface area contributed by atoms with Crippen molar-refractivity contribution in [1.29, 1.82) is 0 Å². The molecule has 9 heteroatoms. The molecule has 1 amide bonds. The lowest BCUT2D eigenvalue weighted by molar-refractivity contribution is -0.116. The van der Waals surface area contributed by atoms with E-state index in [4.69, 9.17) is 0 Å². The van der Waals surface area contributed by atoms with Crippen LogP contribution >= 0.6 is 34.4 Å². The van der Waals surface area contributed by atoms with E-state index in [0.717, 1.165) is 49.4 Å². The van der Waals surface area contributed by atoms with Crippen molar-refractivity contribution in [1.82, 2.24) is 14.4 Å². The van der Waals surface area contributed by atoms with E-state index in [1.165, 1.54) is 11.3 Å². The molecular weight excluding hydrogens is 424 g/mol. The molecule has 0 radical (unpaired) electrons. The third kappa shape index (κ3) is 4.52. The van der Waals surface area contributed by atoms with Crippen LogP contribution in [0.4, 0.5) is 5.69 Å². The highest BCUT2D eigenvalue weighted by Gasteiger charge is 2.10. The van der Waals surface area contributed by atoms with E-state index in [2.05, 4.69) is 22.2 Å². The molecule has 1 N–H and O–H groups in total. The average molecular weight is 445 g/mol. The molecule has 4 rings (SSSR count). The van der Waals surface area contributed by atoms with Crippen LogP contribution in [0.25, 0.3) is 15.2 Å². The van der Waals surface area contributed by atoms with Gasteiger partial charge in [-0.3, -0.25) is 14.0 Å². The smallest absolute Gasteiger partial charge is 0.258 e. The molecule has 150 valence electrons. The quantitative estimate of drug-likeness (QED) is 0.402. The zero-order chi connectivity index (χ0) is 20.4. The van der Waals surface area contributed by atoms with E-state index >= 15 is 0 Å². The molecule has 1 aromatic carbocycles. The SMILES string of the molecule is CCCCC(=O)Nc1ccc2nc(SCc3cc(=O)n4c(C)csc4n3)sc2c1. The highest BCUT2D eigenvalue weighted by molar-refractivity contribution is 8.00. The maximum Gasteiger partial charge on any atom is 0.258 e. The van der Waals surface area contributed by atoms with E-state index in [-0.39, 0.29) is 11.5 Å². The van der Waals surface area contributed by atoms with Crippen LogP contribution in [-0.2, 0) is 10.5 Å². The molecule has 0 aliphatic rings. The molecule has 0 bridgehead atoms. The van der Waals surface area contributed by atoms with Gasteiger partial charge in [-0.15, -0.1) is 22.7 Å². The lowest BCUT2D eigenvalue weighted by Crippen LogP contribution is -2.14. The highest BCUT2D eigenvalue weighted by Crippen LogP contribution is 2.32. The van der Waals surface area contributed by atoms with Crippen molar-refractivity contribution in [2.45, 2.75) is 43.2 Å². The van der Waals surface area contributed by atoms with Crippen molar-refractivity contribution in [2.75, 3.05) is 5.32 Å². The minimum atomic E-state index is -0.0443. The molecule has 3 heterocycles. The Morgan fingerprint density at radius 1 is 1.28 bits per heavy atom. The van der Waals surface area contributed by atoms with E-state index in [0.29, 0.717) is 12.2 Å². The Hall–Kier alpha value is -2.23. The first kappa shape index (κ1) is 20.1. The molecule has 29 heavy (non-hydrogen) atoms. The average Bonchev–Trinajstić information content (AvgIpc) is 3.27. The first-order chi connectivity index (χ1) is 14.0. The van der Waals surface area contributed by atoms with Gasteiger partial charge in [-0.25, -0.2) is 9.97 Å². The van der Waals surface area contributed by atoms with Gasteiger partial charge in [0.05, 0.1) is 15.9 Å². The van der Waals surface area contributed by atoms with Crippen LogP contribution in [0.1, 0.15) is 37.6 Å². The number of aromatic nitrogens is 3. The summed E-state index contributed by atoms with van der Waals surface area (Å²) in [5.41, 5.74) is 3.32. The van der Waals surface area contributed by atoms with E-state index < -0.39 is 0 Å². The van der Waals surface area contributed by atoms with Crippen molar-refractivity contribution < 1.29 is 4.79 Å². The predicted octanol–water partition coefficient (Wildman–Crippen LogP) is 5.10. The molecule has 0 aliphatic heterocycles. The molecule has 0 saturated carbocycles. The van der Waals surface area contributed by atoms with Gasteiger partial charge in [-0.2, -0.15) is 0 Å². The molecule has 0 fully saturated rings. The number of carbonyl (C=O) groups is 1. The summed E-state index contributed by atoms with van der Waals surface area (Å²) in [5, 5.41) is 4.89. The number of anilines is 1. The lowest BCUT2D eigenvalue weighted by atomic mass is 10.2. The number of aryl methyl sites for hydroxylation is 1. The standard InChI is InChI=1S/C20H20N4O2S3/c1-3-4-5-17(25)21-13-6-7-15-16(8-13)29-20(23-15)28-11-14-9-18(26)24-12(2)10-27-19(24)22-14/h6-10H,3-5,11H2,1-2H3,(H,21,25). The third-order valence-corrected chi connectivity index (χ3v) is 7.52. The fraction of sp³-hybridized carbons (Fsp3) is 0.300. The summed E-state index contributed by atoms with van der Waals surface area (Å²) in [5.74, 6) is 0.630. The van der Waals surface area contributed by atoms with Gasteiger partial charge in [0.25, 0.3) is 5.56 Å². The number of nitrogens with one attached hydrogen (secondary N) is 1. The van der Waals surface area contributed by atoms with Crippen LogP contribution in [0.3, 0.4) is 0 Å². The van der Waals surface area contributed by atoms with Crippen molar-refractivity contribution in [3.8, 4) is 0 Å². The number of thiazole rings is 2. The molecule has 0 saturated heterocycles. The monoisotopic (exact) mass is 444 g/mol. The Kier molecular flexibility index (Phi) is 5.98. The maximum atomic E-state index is 12.3. The van der Waals surface area contributed by atoms with Gasteiger partial charge >= 0.3 is 0 Å². The zero-order valence-corrected chi connectivity index (χ0v) is 18.5. The second-order valence-electron chi connectivity index (χ2n) is 6.68. The fourth-order valence-electron chi connectivity index (χ4n) is 2.91. The number of carbonyl (C=O) groups excluding carboxylic acids is 1. The van der Waals surface area contributed by atoms with Crippen LogP contribution in [-0.4, -0.2) is 20.3 Å². The molecule has 0 atom stereocenters. The van der Waals surface area contributed by atoms with Gasteiger partial charge < -0.3 is 5.32 Å². The summed E-state index contributed by atoms with van der Waals surface area (Å²) in [4.78, 5) is 34.2. The number of thioether (sulfide) groups is 1. The number of rotatable bonds is 7. The van der Waals surface area contributed by atoms with E-state index in [9.17, 15) is 9.59 Å². The summed E-state index contributed by atoms with van der Waals surface area (Å²) >= 11 is 4.62. The van der Waals surface area contributed by atoms with Crippen molar-refractivity contribution in [3.05, 3.63) is 51.4 Å². The third-order valence-electron chi connectivity index (χ3n) is 4.38. The van der Waals surface area contributed by atoms with Crippen molar-refractivity contribution in [2.24, 2.45) is 0 Å². The second-order valence-corrected chi connectivity index (χ2v) is 9.77. The molecule has 4 aromatic rings. The first-order valence-electron chi connectivity index (χ1n) is 9.33. The van der Waals surface area contributed by atoms with Crippen LogP contribution in [0.2, 0.25) is 0 Å². The van der Waals surface area contributed by atoms with Gasteiger partial charge in [0, 0.05) is 35.0 Å². The topological polar surface area (TPSA) is 76.4 Å². The van der Waals surface area contributed by atoms with Crippen molar-refractivity contribution >= 4 is 61.2 Å². The number of hydrogen-bond acceptors (Lipinski definition) is 7. The summed E-state index contributed by atoms with van der Waals surface area (Å²) in [7, 11) is 0. The Bertz CT molecular complexity index is 1240. The summed E-state index contributed by atoms with van der Waals surface area (Å²) in [6.07, 6.45) is 2.44. The number of nitrogens with zero attached hydrogens (tertiary/aromatic N) is 3. The largest absolute Gasteiger partial charge is 0.326 e. The molecule has 3 aromatic heterocycles. The van der Waals surface area contributed by atoms with Gasteiger partial charge in [0.15, 0.2) is 9.30 Å². The normalized spacial score (nSPS) is 11.4. The number of amides is 1. The van der Waals surface area contributed by atoms with Crippen LogP contribution in [0, 0.1) is 6.92 Å². The Morgan fingerprint density at radius 2 is 2.14 bits per heavy atom. The minimum Gasteiger partial charge on any atom is -0.326 e. The fourth-order valence-corrected chi connectivity index (χ4v) is 5.81. The van der Waals surface area contributed by atoms with E-state index in [1.54, 1.807) is 33.6 Å². The summed E-state index contributed by atoms with van der Waals surface area (Å²) in [6.45, 7) is 3.98. The van der Waals surface area contributed by atoms with Gasteiger partial charge in [-0.05, 0) is 31.5 Å². The minimum absolute atomic E-state index is 0.0434. The van der Waals surface area contributed by atoms with Gasteiger partial charge in [-0.1, -0.05) is 25.1 Å². The number of unbranched alkanes of at least 4 members (excludes halogenated alkanes) is 1. The summed E-state index contributed by atoms with van der Waals surface area (Å²) in [6, 6.07) is 7.37. The molecule has 0 unspecified atom stereocenters.